The van der Waals surface area contributed by atoms with Crippen LogP contribution in [-0.4, -0.2) is 37.3 Å². The zero-order chi connectivity index (χ0) is 17.1. The Hall–Kier alpha value is -2.57. The monoisotopic (exact) mass is 338 g/mol. The van der Waals surface area contributed by atoms with Crippen LogP contribution >= 0.6 is 0 Å². The predicted octanol–water partition coefficient (Wildman–Crippen LogP) is 2.86. The van der Waals surface area contributed by atoms with E-state index in [9.17, 15) is 4.79 Å². The molecule has 1 saturated carbocycles. The average molecular weight is 338 g/mol. The van der Waals surface area contributed by atoms with Crippen molar-refractivity contribution in [2.45, 2.75) is 44.6 Å². The minimum atomic E-state index is 0.0436. The molecule has 1 aliphatic carbocycles. The summed E-state index contributed by atoms with van der Waals surface area (Å²) < 4.78 is 0. The molecule has 0 aromatic carbocycles. The molecule has 7 heteroatoms. The number of hydrogen-bond donors (Lipinski definition) is 1. The van der Waals surface area contributed by atoms with E-state index in [0.717, 1.165) is 44.3 Å². The minimum absolute atomic E-state index is 0.0436. The lowest BCUT2D eigenvalue weighted by molar-refractivity contribution is -0.142. The number of piperidine rings is 1. The summed E-state index contributed by atoms with van der Waals surface area (Å²) in [6, 6.07) is 3.71. The Labute approximate surface area is 146 Å². The maximum absolute atomic E-state index is 12.8. The Kier molecular flexibility index (Phi) is 4.54. The lowest BCUT2D eigenvalue weighted by atomic mass is 9.83. The minimum Gasteiger partial charge on any atom is -0.334 e. The number of nitrogens with one attached hydrogen (secondary N) is 1. The van der Waals surface area contributed by atoms with Crippen molar-refractivity contribution in [1.82, 2.24) is 24.8 Å². The van der Waals surface area contributed by atoms with Crippen molar-refractivity contribution in [2.75, 3.05) is 11.9 Å². The van der Waals surface area contributed by atoms with Gasteiger partial charge >= 0.3 is 0 Å². The van der Waals surface area contributed by atoms with Gasteiger partial charge in [0.15, 0.2) is 0 Å². The van der Waals surface area contributed by atoms with Crippen LogP contribution in [0, 0.1) is 5.92 Å². The largest absolute Gasteiger partial charge is 0.334 e. The van der Waals surface area contributed by atoms with Gasteiger partial charge in [0.2, 0.25) is 17.8 Å². The zero-order valence-corrected chi connectivity index (χ0v) is 14.1. The Bertz CT molecular complexity index is 733. The highest BCUT2D eigenvalue weighted by molar-refractivity contribution is 5.80. The van der Waals surface area contributed by atoms with Gasteiger partial charge in [0.05, 0.1) is 11.7 Å². The van der Waals surface area contributed by atoms with Crippen molar-refractivity contribution >= 4 is 17.8 Å². The lowest BCUT2D eigenvalue weighted by Crippen LogP contribution is -2.43. The van der Waals surface area contributed by atoms with Crippen LogP contribution in [0.15, 0.2) is 30.7 Å². The Balaban J connectivity index is 1.54. The maximum atomic E-state index is 12.8. The highest BCUT2D eigenvalue weighted by Gasteiger charge is 2.35. The Morgan fingerprint density at radius 1 is 1.00 bits per heavy atom. The van der Waals surface area contributed by atoms with E-state index in [-0.39, 0.29) is 12.0 Å². The van der Waals surface area contributed by atoms with Crippen molar-refractivity contribution < 1.29 is 4.79 Å². The van der Waals surface area contributed by atoms with Crippen LogP contribution in [0.25, 0.3) is 0 Å². The molecule has 3 heterocycles. The van der Waals surface area contributed by atoms with Gasteiger partial charge in [-0.25, -0.2) is 19.9 Å². The van der Waals surface area contributed by atoms with Crippen LogP contribution in [0.3, 0.4) is 0 Å². The normalized spacial score (nSPS) is 20.8. The highest BCUT2D eigenvalue weighted by Crippen LogP contribution is 2.35. The number of rotatable bonds is 4. The van der Waals surface area contributed by atoms with E-state index >= 15 is 0 Å². The fraction of sp³-hybridized carbons (Fsp3) is 0.500. The molecule has 1 atom stereocenters. The standard InChI is InChI=1S/C18H22N6O/c25-16(13-5-3-6-13)24-12-2-1-7-15(24)14-8-11-21-18(22-14)23-17-19-9-4-10-20-17/h4,8-11,13,15H,1-3,5-7,12H2,(H,19,20,21,22,23). The molecule has 1 saturated heterocycles. The number of carbonyl (C=O) groups excluding carboxylic acids is 1. The summed E-state index contributed by atoms with van der Waals surface area (Å²) in [7, 11) is 0. The zero-order valence-electron chi connectivity index (χ0n) is 14.1. The van der Waals surface area contributed by atoms with E-state index in [1.54, 1.807) is 24.7 Å². The van der Waals surface area contributed by atoms with Crippen LogP contribution < -0.4 is 5.32 Å². The molecule has 1 unspecified atom stereocenters. The molecule has 4 rings (SSSR count). The van der Waals surface area contributed by atoms with E-state index in [1.165, 1.54) is 6.42 Å². The molecule has 1 aliphatic heterocycles. The Morgan fingerprint density at radius 3 is 2.56 bits per heavy atom. The summed E-state index contributed by atoms with van der Waals surface area (Å²) >= 11 is 0. The Morgan fingerprint density at radius 2 is 1.80 bits per heavy atom. The molecule has 130 valence electrons. The van der Waals surface area contributed by atoms with Crippen LogP contribution in [0.4, 0.5) is 11.9 Å². The van der Waals surface area contributed by atoms with E-state index in [2.05, 4.69) is 25.3 Å². The second-order valence-corrected chi connectivity index (χ2v) is 6.67. The van der Waals surface area contributed by atoms with Gasteiger partial charge in [0.1, 0.15) is 0 Å². The second-order valence-electron chi connectivity index (χ2n) is 6.67. The topological polar surface area (TPSA) is 83.9 Å². The summed E-state index contributed by atoms with van der Waals surface area (Å²) in [5.41, 5.74) is 0.890. The number of anilines is 2. The summed E-state index contributed by atoms with van der Waals surface area (Å²) in [6.45, 7) is 0.828. The number of carbonyl (C=O) groups is 1. The third-order valence-electron chi connectivity index (χ3n) is 5.05. The van der Waals surface area contributed by atoms with Gasteiger partial charge in [-0.2, -0.15) is 0 Å². The molecule has 2 aromatic heterocycles. The summed E-state index contributed by atoms with van der Waals surface area (Å²) in [5.74, 6) is 1.45. The fourth-order valence-electron chi connectivity index (χ4n) is 3.47. The average Bonchev–Trinajstić information content (AvgIpc) is 2.61. The molecule has 0 bridgehead atoms. The molecule has 2 aliphatic rings. The molecule has 1 amide bonds. The third-order valence-corrected chi connectivity index (χ3v) is 5.05. The molecule has 25 heavy (non-hydrogen) atoms. The highest BCUT2D eigenvalue weighted by atomic mass is 16.2. The maximum Gasteiger partial charge on any atom is 0.229 e. The molecule has 7 nitrogen and oxygen atoms in total. The number of aromatic nitrogens is 4. The van der Waals surface area contributed by atoms with Crippen LogP contribution in [0.2, 0.25) is 0 Å². The fourth-order valence-corrected chi connectivity index (χ4v) is 3.47. The molecular weight excluding hydrogens is 316 g/mol. The third kappa shape index (κ3) is 3.45. The first kappa shape index (κ1) is 15.9. The predicted molar refractivity (Wildman–Crippen MR) is 93.0 cm³/mol. The van der Waals surface area contributed by atoms with E-state index < -0.39 is 0 Å². The SMILES string of the molecule is O=C(C1CCC1)N1CCCCC1c1ccnc(Nc2ncccn2)n1. The second kappa shape index (κ2) is 7.13. The molecule has 2 fully saturated rings. The number of hydrogen-bond acceptors (Lipinski definition) is 6. The molecule has 0 spiro atoms. The van der Waals surface area contributed by atoms with Gasteiger partial charge < -0.3 is 4.90 Å². The molecule has 1 N–H and O–H groups in total. The van der Waals surface area contributed by atoms with Gasteiger partial charge in [0.25, 0.3) is 0 Å². The van der Waals surface area contributed by atoms with Crippen molar-refractivity contribution in [3.05, 3.63) is 36.4 Å². The van der Waals surface area contributed by atoms with Gasteiger partial charge in [0, 0.05) is 31.1 Å². The van der Waals surface area contributed by atoms with Crippen LogP contribution in [-0.2, 0) is 4.79 Å². The number of likely N-dealkylation sites (tertiary alicyclic amines) is 1. The summed E-state index contributed by atoms with van der Waals surface area (Å²) in [4.78, 5) is 32.0. The molecule has 2 aromatic rings. The smallest absolute Gasteiger partial charge is 0.229 e. The van der Waals surface area contributed by atoms with Crippen molar-refractivity contribution in [3.63, 3.8) is 0 Å². The summed E-state index contributed by atoms with van der Waals surface area (Å²) in [6.07, 6.45) is 11.4. The van der Waals surface area contributed by atoms with Gasteiger partial charge in [-0.3, -0.25) is 10.1 Å². The van der Waals surface area contributed by atoms with Crippen molar-refractivity contribution in [3.8, 4) is 0 Å². The van der Waals surface area contributed by atoms with Crippen LogP contribution in [0.5, 0.6) is 0 Å². The first-order valence-corrected chi connectivity index (χ1v) is 8.99. The quantitative estimate of drug-likeness (QED) is 0.923. The lowest BCUT2D eigenvalue weighted by Gasteiger charge is -2.39. The number of nitrogens with zero attached hydrogens (tertiary/aromatic N) is 5. The van der Waals surface area contributed by atoms with Gasteiger partial charge in [-0.05, 0) is 44.2 Å². The van der Waals surface area contributed by atoms with Crippen LogP contribution in [0.1, 0.15) is 50.3 Å². The van der Waals surface area contributed by atoms with Crippen molar-refractivity contribution in [2.24, 2.45) is 5.92 Å². The van der Waals surface area contributed by atoms with Crippen molar-refractivity contribution in [1.29, 1.82) is 0 Å². The first-order chi connectivity index (χ1) is 12.3. The van der Waals surface area contributed by atoms with E-state index in [4.69, 9.17) is 0 Å². The molecule has 0 radical (unpaired) electrons. The number of amides is 1. The van der Waals surface area contributed by atoms with E-state index in [1.807, 2.05) is 11.0 Å². The molecular formula is C18H22N6O. The first-order valence-electron chi connectivity index (χ1n) is 8.99. The van der Waals surface area contributed by atoms with Gasteiger partial charge in [-0.1, -0.05) is 6.42 Å². The van der Waals surface area contributed by atoms with E-state index in [0.29, 0.717) is 17.8 Å². The van der Waals surface area contributed by atoms with Gasteiger partial charge in [-0.15, -0.1) is 0 Å². The summed E-state index contributed by atoms with van der Waals surface area (Å²) in [5, 5.41) is 3.02.